The van der Waals surface area contributed by atoms with Gasteiger partial charge in [-0.05, 0) is 0 Å². The first kappa shape index (κ1) is 12.3. The summed E-state index contributed by atoms with van der Waals surface area (Å²) >= 11 is 6.82. The highest BCUT2D eigenvalue weighted by atomic mass is 35.5. The molecule has 0 aliphatic carbocycles. The van der Waals surface area contributed by atoms with Gasteiger partial charge in [-0.2, -0.15) is 23.0 Å². The number of rotatable bonds is 2. The first-order chi connectivity index (χ1) is 7.95. The SMILES string of the molecule is OCc1c(C(F)(F)F)nn(-c2nccs2)c1Cl. The highest BCUT2D eigenvalue weighted by molar-refractivity contribution is 7.12. The van der Waals surface area contributed by atoms with E-state index < -0.39 is 24.0 Å². The molecule has 4 nitrogen and oxygen atoms in total. The zero-order valence-electron chi connectivity index (χ0n) is 8.07. The van der Waals surface area contributed by atoms with Crippen LogP contribution >= 0.6 is 22.9 Å². The monoisotopic (exact) mass is 283 g/mol. The molecule has 0 unspecified atom stereocenters. The molecule has 0 fully saturated rings. The molecule has 0 aliphatic rings. The first-order valence-electron chi connectivity index (χ1n) is 4.30. The number of aliphatic hydroxyl groups excluding tert-OH is 1. The molecule has 0 atom stereocenters. The minimum Gasteiger partial charge on any atom is -0.391 e. The van der Waals surface area contributed by atoms with E-state index in [1.165, 1.54) is 6.20 Å². The number of aliphatic hydroxyl groups is 1. The summed E-state index contributed by atoms with van der Waals surface area (Å²) in [6.07, 6.45) is -3.24. The summed E-state index contributed by atoms with van der Waals surface area (Å²) < 4.78 is 38.7. The van der Waals surface area contributed by atoms with Gasteiger partial charge in [0.1, 0.15) is 5.15 Å². The van der Waals surface area contributed by atoms with Gasteiger partial charge >= 0.3 is 6.18 Å². The molecule has 17 heavy (non-hydrogen) atoms. The second kappa shape index (κ2) is 4.28. The molecule has 0 saturated carbocycles. The molecule has 2 heterocycles. The fourth-order valence-electron chi connectivity index (χ4n) is 1.24. The molecule has 2 aromatic heterocycles. The molecule has 0 saturated heterocycles. The van der Waals surface area contributed by atoms with Crippen LogP contribution in [0.15, 0.2) is 11.6 Å². The van der Waals surface area contributed by atoms with Gasteiger partial charge in [-0.3, -0.25) is 0 Å². The predicted octanol–water partition coefficient (Wildman–Crippen LogP) is 2.49. The van der Waals surface area contributed by atoms with E-state index in [0.29, 0.717) is 0 Å². The van der Waals surface area contributed by atoms with Gasteiger partial charge < -0.3 is 5.11 Å². The molecular formula is C8H5ClF3N3OS. The number of halogens is 4. The Kier molecular flexibility index (Phi) is 3.11. The Morgan fingerprint density at radius 1 is 1.47 bits per heavy atom. The molecule has 2 rings (SSSR count). The molecule has 0 aromatic carbocycles. The maximum absolute atomic E-state index is 12.6. The molecule has 0 radical (unpaired) electrons. The lowest BCUT2D eigenvalue weighted by molar-refractivity contribution is -0.142. The fourth-order valence-corrected chi connectivity index (χ4v) is 2.16. The van der Waals surface area contributed by atoms with Crippen LogP contribution in [0.25, 0.3) is 5.13 Å². The third kappa shape index (κ3) is 2.15. The van der Waals surface area contributed by atoms with Crippen molar-refractivity contribution >= 4 is 22.9 Å². The van der Waals surface area contributed by atoms with Crippen molar-refractivity contribution in [2.45, 2.75) is 12.8 Å². The third-order valence-electron chi connectivity index (χ3n) is 1.95. The van der Waals surface area contributed by atoms with Crippen molar-refractivity contribution in [1.82, 2.24) is 14.8 Å². The second-order valence-electron chi connectivity index (χ2n) is 3.00. The topological polar surface area (TPSA) is 50.9 Å². The van der Waals surface area contributed by atoms with Crippen LogP contribution < -0.4 is 0 Å². The van der Waals surface area contributed by atoms with Gasteiger partial charge in [0.25, 0.3) is 0 Å². The molecule has 0 spiro atoms. The highest BCUT2D eigenvalue weighted by Gasteiger charge is 2.39. The van der Waals surface area contributed by atoms with Crippen molar-refractivity contribution in [2.75, 3.05) is 0 Å². The quantitative estimate of drug-likeness (QED) is 0.921. The Bertz CT molecular complexity index is 523. The van der Waals surface area contributed by atoms with Crippen LogP contribution in [0.5, 0.6) is 0 Å². The third-order valence-corrected chi connectivity index (χ3v) is 3.08. The van der Waals surface area contributed by atoms with Gasteiger partial charge in [0, 0.05) is 17.1 Å². The maximum atomic E-state index is 12.6. The van der Waals surface area contributed by atoms with Gasteiger partial charge in [0.05, 0.1) is 6.61 Å². The largest absolute Gasteiger partial charge is 0.435 e. The van der Waals surface area contributed by atoms with Gasteiger partial charge in [0.15, 0.2) is 5.69 Å². The first-order valence-corrected chi connectivity index (χ1v) is 5.56. The number of hydrogen-bond donors (Lipinski definition) is 1. The van der Waals surface area contributed by atoms with E-state index in [9.17, 15) is 13.2 Å². The normalized spacial score (nSPS) is 12.1. The lowest BCUT2D eigenvalue weighted by atomic mass is 10.2. The van der Waals surface area contributed by atoms with Crippen molar-refractivity contribution in [3.8, 4) is 5.13 Å². The van der Waals surface area contributed by atoms with E-state index in [-0.39, 0.29) is 10.3 Å². The van der Waals surface area contributed by atoms with Gasteiger partial charge in [0.2, 0.25) is 5.13 Å². The molecule has 0 amide bonds. The Labute approximate surface area is 102 Å². The van der Waals surface area contributed by atoms with E-state index in [1.54, 1.807) is 5.38 Å². The van der Waals surface area contributed by atoms with E-state index in [4.69, 9.17) is 16.7 Å². The summed E-state index contributed by atoms with van der Waals surface area (Å²) in [6, 6.07) is 0. The van der Waals surface area contributed by atoms with E-state index in [0.717, 1.165) is 16.0 Å². The van der Waals surface area contributed by atoms with Crippen molar-refractivity contribution in [3.63, 3.8) is 0 Å². The predicted molar refractivity (Wildman–Crippen MR) is 55.2 cm³/mol. The van der Waals surface area contributed by atoms with Crippen LogP contribution in [0, 0.1) is 0 Å². The average Bonchev–Trinajstić information content (AvgIpc) is 2.82. The van der Waals surface area contributed by atoms with Crippen LogP contribution in [-0.4, -0.2) is 19.9 Å². The van der Waals surface area contributed by atoms with Crippen LogP contribution in [0.3, 0.4) is 0 Å². The Morgan fingerprint density at radius 2 is 2.18 bits per heavy atom. The minimum absolute atomic E-state index is 0.209. The molecule has 9 heteroatoms. The zero-order chi connectivity index (χ0) is 12.6. The van der Waals surface area contributed by atoms with Crippen molar-refractivity contribution in [3.05, 3.63) is 28.0 Å². The zero-order valence-corrected chi connectivity index (χ0v) is 9.64. The average molecular weight is 284 g/mol. The molecule has 92 valence electrons. The number of nitrogens with zero attached hydrogens (tertiary/aromatic N) is 3. The van der Waals surface area contributed by atoms with Crippen LogP contribution in [0.2, 0.25) is 5.15 Å². The lowest BCUT2D eigenvalue weighted by Gasteiger charge is -2.03. The summed E-state index contributed by atoms with van der Waals surface area (Å²) in [5, 5.41) is 13.8. The summed E-state index contributed by atoms with van der Waals surface area (Å²) in [5.41, 5.74) is -1.64. The molecule has 0 bridgehead atoms. The number of hydrogen-bond acceptors (Lipinski definition) is 4. The van der Waals surface area contributed by atoms with Crippen LogP contribution in [-0.2, 0) is 12.8 Å². The van der Waals surface area contributed by atoms with Gasteiger partial charge in [-0.25, -0.2) is 4.98 Å². The molecule has 1 N–H and O–H groups in total. The second-order valence-corrected chi connectivity index (χ2v) is 4.23. The smallest absolute Gasteiger partial charge is 0.391 e. The summed E-state index contributed by atoms with van der Waals surface area (Å²) in [5.74, 6) is 0. The molecular weight excluding hydrogens is 279 g/mol. The Morgan fingerprint density at radius 3 is 2.59 bits per heavy atom. The van der Waals surface area contributed by atoms with Gasteiger partial charge in [-0.1, -0.05) is 11.6 Å². The van der Waals surface area contributed by atoms with Gasteiger partial charge in [-0.15, -0.1) is 11.3 Å². The molecule has 0 aliphatic heterocycles. The van der Waals surface area contributed by atoms with Crippen molar-refractivity contribution in [2.24, 2.45) is 0 Å². The summed E-state index contributed by atoms with van der Waals surface area (Å²) in [4.78, 5) is 3.80. The Balaban J connectivity index is 2.61. The maximum Gasteiger partial charge on any atom is 0.435 e. The fraction of sp³-hybridized carbons (Fsp3) is 0.250. The number of thiazole rings is 1. The van der Waals surface area contributed by atoms with Crippen molar-refractivity contribution in [1.29, 1.82) is 0 Å². The summed E-state index contributed by atoms with van der Waals surface area (Å²) in [6.45, 7) is -0.834. The van der Waals surface area contributed by atoms with Crippen LogP contribution in [0.1, 0.15) is 11.3 Å². The number of aromatic nitrogens is 3. The van der Waals surface area contributed by atoms with Crippen molar-refractivity contribution < 1.29 is 18.3 Å². The number of alkyl halides is 3. The highest BCUT2D eigenvalue weighted by Crippen LogP contribution is 2.35. The van der Waals surface area contributed by atoms with E-state index >= 15 is 0 Å². The summed E-state index contributed by atoms with van der Waals surface area (Å²) in [7, 11) is 0. The molecule has 2 aromatic rings. The van der Waals surface area contributed by atoms with E-state index in [1.807, 2.05) is 0 Å². The standard InChI is InChI=1S/C8H5ClF3N3OS/c9-6-4(3-16)5(8(10,11)12)14-15(6)7-13-1-2-17-7/h1-2,16H,3H2. The van der Waals surface area contributed by atoms with Crippen LogP contribution in [0.4, 0.5) is 13.2 Å². The minimum atomic E-state index is -4.66. The Hall–Kier alpha value is -1.12. The lowest BCUT2D eigenvalue weighted by Crippen LogP contribution is -2.09. The van der Waals surface area contributed by atoms with E-state index in [2.05, 4.69) is 10.1 Å².